The molecule has 2 heterocycles. The van der Waals surface area contributed by atoms with Crippen LogP contribution in [-0.2, 0) is 13.0 Å². The Kier molecular flexibility index (Phi) is 3.08. The van der Waals surface area contributed by atoms with E-state index in [1.165, 1.54) is 28.2 Å². The summed E-state index contributed by atoms with van der Waals surface area (Å²) in [5.74, 6) is 0. The monoisotopic (exact) mass is 292 g/mol. The van der Waals surface area contributed by atoms with Gasteiger partial charge in [-0.2, -0.15) is 0 Å². The molecule has 4 heteroatoms. The second-order valence-electron chi connectivity index (χ2n) is 4.84. The van der Waals surface area contributed by atoms with E-state index in [2.05, 4.69) is 46.6 Å². The van der Waals surface area contributed by atoms with E-state index in [0.717, 1.165) is 24.5 Å². The zero-order chi connectivity index (χ0) is 12.1. The standard InChI is InChI=1S/C15H13ClN2.ClH/c16-12-7-10-5-6-18-14-4-2-1-3-13(14)17-9-11(8-12)15(10)18;/h1-4,7-8,17H,5-6,9H2;1H. The molecule has 2 aromatic carbocycles. The third-order valence-corrected chi connectivity index (χ3v) is 3.99. The molecule has 2 nitrogen and oxygen atoms in total. The van der Waals surface area contributed by atoms with Gasteiger partial charge in [0.1, 0.15) is 0 Å². The number of nitrogens with zero attached hydrogens (tertiary/aromatic N) is 1. The summed E-state index contributed by atoms with van der Waals surface area (Å²) in [6.07, 6.45) is 1.08. The summed E-state index contributed by atoms with van der Waals surface area (Å²) in [6.45, 7) is 1.89. The molecule has 0 saturated heterocycles. The maximum atomic E-state index is 6.20. The van der Waals surface area contributed by atoms with Crippen LogP contribution in [0.3, 0.4) is 0 Å². The van der Waals surface area contributed by atoms with Gasteiger partial charge in [-0.3, -0.25) is 0 Å². The zero-order valence-corrected chi connectivity index (χ0v) is 11.9. The van der Waals surface area contributed by atoms with Gasteiger partial charge in [0.15, 0.2) is 0 Å². The lowest BCUT2D eigenvalue weighted by Gasteiger charge is -2.21. The second-order valence-corrected chi connectivity index (χ2v) is 5.28. The van der Waals surface area contributed by atoms with Crippen LogP contribution in [0.5, 0.6) is 0 Å². The van der Waals surface area contributed by atoms with Gasteiger partial charge in [-0.1, -0.05) is 23.7 Å². The molecule has 0 radical (unpaired) electrons. The minimum absolute atomic E-state index is 0. The summed E-state index contributed by atoms with van der Waals surface area (Å²) < 4.78 is 0. The van der Waals surface area contributed by atoms with E-state index in [1.54, 1.807) is 0 Å². The number of hydrogen-bond acceptors (Lipinski definition) is 2. The Labute approximate surface area is 123 Å². The van der Waals surface area contributed by atoms with Crippen LogP contribution in [0, 0.1) is 0 Å². The van der Waals surface area contributed by atoms with Crippen molar-refractivity contribution in [3.8, 4) is 0 Å². The fourth-order valence-electron chi connectivity index (χ4n) is 3.02. The lowest BCUT2D eigenvalue weighted by Crippen LogP contribution is -2.13. The third kappa shape index (κ3) is 1.87. The number of halogens is 2. The first kappa shape index (κ1) is 12.6. The van der Waals surface area contributed by atoms with Gasteiger partial charge in [0.25, 0.3) is 0 Å². The average Bonchev–Trinajstić information content (AvgIpc) is 2.72. The van der Waals surface area contributed by atoms with Crippen molar-refractivity contribution >= 4 is 41.1 Å². The smallest absolute Gasteiger partial charge is 0.0646 e. The number of hydrogen-bond donors (Lipinski definition) is 1. The van der Waals surface area contributed by atoms with Gasteiger partial charge in [0.05, 0.1) is 11.4 Å². The molecule has 2 aromatic rings. The van der Waals surface area contributed by atoms with Gasteiger partial charge in [0, 0.05) is 23.8 Å². The summed E-state index contributed by atoms with van der Waals surface area (Å²) in [7, 11) is 0. The largest absolute Gasteiger partial charge is 0.379 e. The van der Waals surface area contributed by atoms with Crippen LogP contribution in [-0.4, -0.2) is 6.54 Å². The molecule has 1 N–H and O–H groups in total. The molecular formula is C15H14Cl2N2. The van der Waals surface area contributed by atoms with Crippen LogP contribution in [0.15, 0.2) is 36.4 Å². The Morgan fingerprint density at radius 1 is 1.11 bits per heavy atom. The van der Waals surface area contributed by atoms with Crippen molar-refractivity contribution in [3.63, 3.8) is 0 Å². The highest BCUT2D eigenvalue weighted by molar-refractivity contribution is 6.30. The Hall–Kier alpha value is -1.38. The van der Waals surface area contributed by atoms with Crippen LogP contribution in [0.25, 0.3) is 0 Å². The SMILES string of the molecule is Cl.Clc1cc2c3c(c1)CNc1ccccc1N3CC2. The van der Waals surface area contributed by atoms with E-state index in [1.807, 2.05) is 0 Å². The minimum atomic E-state index is 0. The molecule has 0 saturated carbocycles. The number of para-hydroxylation sites is 2. The van der Waals surface area contributed by atoms with Crippen molar-refractivity contribution in [2.75, 3.05) is 16.8 Å². The van der Waals surface area contributed by atoms with Gasteiger partial charge in [-0.15, -0.1) is 12.4 Å². The molecule has 0 amide bonds. The number of rotatable bonds is 0. The summed E-state index contributed by atoms with van der Waals surface area (Å²) >= 11 is 6.20. The number of nitrogens with one attached hydrogen (secondary N) is 1. The molecule has 0 unspecified atom stereocenters. The molecule has 2 aliphatic heterocycles. The van der Waals surface area contributed by atoms with Crippen LogP contribution in [0.1, 0.15) is 11.1 Å². The van der Waals surface area contributed by atoms with Crippen molar-refractivity contribution < 1.29 is 0 Å². The average molecular weight is 293 g/mol. The summed E-state index contributed by atoms with van der Waals surface area (Å²) in [6, 6.07) is 12.7. The van der Waals surface area contributed by atoms with Crippen molar-refractivity contribution in [2.45, 2.75) is 13.0 Å². The highest BCUT2D eigenvalue weighted by Gasteiger charge is 2.27. The van der Waals surface area contributed by atoms with E-state index in [-0.39, 0.29) is 12.4 Å². The quantitative estimate of drug-likeness (QED) is 0.775. The molecule has 0 aromatic heterocycles. The normalized spacial score (nSPS) is 14.9. The van der Waals surface area contributed by atoms with Gasteiger partial charge in [-0.05, 0) is 41.8 Å². The first-order valence-electron chi connectivity index (χ1n) is 6.25. The number of fused-ring (bicyclic) bond motifs is 2. The van der Waals surface area contributed by atoms with E-state index >= 15 is 0 Å². The predicted molar refractivity (Wildman–Crippen MR) is 83.2 cm³/mol. The number of benzene rings is 2. The highest BCUT2D eigenvalue weighted by Crippen LogP contribution is 2.44. The summed E-state index contributed by atoms with van der Waals surface area (Å²) in [4.78, 5) is 2.41. The van der Waals surface area contributed by atoms with Gasteiger partial charge in [0.2, 0.25) is 0 Å². The maximum Gasteiger partial charge on any atom is 0.0646 e. The molecule has 19 heavy (non-hydrogen) atoms. The molecular weight excluding hydrogens is 279 g/mol. The topological polar surface area (TPSA) is 15.3 Å². The molecule has 0 fully saturated rings. The van der Waals surface area contributed by atoms with Crippen molar-refractivity contribution in [1.82, 2.24) is 0 Å². The Morgan fingerprint density at radius 3 is 2.79 bits per heavy atom. The first-order valence-corrected chi connectivity index (χ1v) is 6.62. The molecule has 0 aliphatic carbocycles. The van der Waals surface area contributed by atoms with E-state index in [4.69, 9.17) is 11.6 Å². The van der Waals surface area contributed by atoms with Crippen molar-refractivity contribution in [2.24, 2.45) is 0 Å². The molecule has 0 bridgehead atoms. The first-order chi connectivity index (χ1) is 8.83. The number of anilines is 3. The predicted octanol–water partition coefficient (Wildman–Crippen LogP) is 4.38. The van der Waals surface area contributed by atoms with Gasteiger partial charge < -0.3 is 10.2 Å². The van der Waals surface area contributed by atoms with Crippen LogP contribution >= 0.6 is 24.0 Å². The maximum absolute atomic E-state index is 6.20. The van der Waals surface area contributed by atoms with Gasteiger partial charge in [-0.25, -0.2) is 0 Å². The highest BCUT2D eigenvalue weighted by atomic mass is 35.5. The lowest BCUT2D eigenvalue weighted by molar-refractivity contribution is 1.00. The summed E-state index contributed by atoms with van der Waals surface area (Å²) in [5.41, 5.74) is 6.51. The molecule has 4 rings (SSSR count). The fraction of sp³-hybridized carbons (Fsp3) is 0.200. The lowest BCUT2D eigenvalue weighted by atomic mass is 10.1. The van der Waals surface area contributed by atoms with Crippen LogP contribution < -0.4 is 10.2 Å². The van der Waals surface area contributed by atoms with Crippen LogP contribution in [0.4, 0.5) is 17.1 Å². The fourth-order valence-corrected chi connectivity index (χ4v) is 3.29. The van der Waals surface area contributed by atoms with E-state index < -0.39 is 0 Å². The second kappa shape index (κ2) is 4.62. The van der Waals surface area contributed by atoms with Crippen molar-refractivity contribution in [3.05, 3.63) is 52.5 Å². The van der Waals surface area contributed by atoms with Crippen molar-refractivity contribution in [1.29, 1.82) is 0 Å². The van der Waals surface area contributed by atoms with E-state index in [0.29, 0.717) is 0 Å². The summed E-state index contributed by atoms with van der Waals surface area (Å²) in [5, 5.41) is 4.35. The Bertz CT molecular complexity index is 640. The van der Waals surface area contributed by atoms with E-state index in [9.17, 15) is 0 Å². The molecule has 0 atom stereocenters. The third-order valence-electron chi connectivity index (χ3n) is 3.77. The Balaban J connectivity index is 0.00000110. The van der Waals surface area contributed by atoms with Crippen LogP contribution in [0.2, 0.25) is 5.02 Å². The Morgan fingerprint density at radius 2 is 1.89 bits per heavy atom. The minimum Gasteiger partial charge on any atom is -0.379 e. The molecule has 98 valence electrons. The zero-order valence-electron chi connectivity index (χ0n) is 10.3. The molecule has 2 aliphatic rings. The molecule has 0 spiro atoms. The van der Waals surface area contributed by atoms with Gasteiger partial charge >= 0.3 is 0 Å².